The molecule has 4 nitrogen and oxygen atoms in total. The zero-order valence-corrected chi connectivity index (χ0v) is 12.6. The van der Waals surface area contributed by atoms with Crippen molar-refractivity contribution in [1.29, 1.82) is 0 Å². The summed E-state index contributed by atoms with van der Waals surface area (Å²) >= 11 is 0. The van der Waals surface area contributed by atoms with Crippen LogP contribution >= 0.6 is 0 Å². The summed E-state index contributed by atoms with van der Waals surface area (Å²) in [6, 6.07) is 10.6. The van der Waals surface area contributed by atoms with Crippen molar-refractivity contribution in [2.24, 2.45) is 0 Å². The average molecular weight is 286 g/mol. The second-order valence-corrected chi connectivity index (χ2v) is 4.55. The Morgan fingerprint density at radius 3 is 1.90 bits per heavy atom. The number of aryl methyl sites for hydroxylation is 1. The molecule has 0 saturated heterocycles. The van der Waals surface area contributed by atoms with Crippen LogP contribution in [0.3, 0.4) is 0 Å². The number of hydrogen-bond acceptors (Lipinski definition) is 4. The van der Waals surface area contributed by atoms with Gasteiger partial charge in [0.1, 0.15) is 22.8 Å². The fourth-order valence-electron chi connectivity index (χ4n) is 2.24. The van der Waals surface area contributed by atoms with Crippen LogP contribution in [-0.4, -0.2) is 27.1 Å². The molecule has 2 rings (SSSR count). The lowest BCUT2D eigenvalue weighted by molar-refractivity contribution is 0.103. The lowest BCUT2D eigenvalue weighted by Crippen LogP contribution is -2.07. The molecule has 21 heavy (non-hydrogen) atoms. The predicted octanol–water partition coefficient (Wildman–Crippen LogP) is 3.25. The summed E-state index contributed by atoms with van der Waals surface area (Å²) < 4.78 is 15.8. The molecule has 2 aromatic carbocycles. The summed E-state index contributed by atoms with van der Waals surface area (Å²) in [7, 11) is 4.67. The Hall–Kier alpha value is -2.49. The number of rotatable bonds is 5. The minimum Gasteiger partial charge on any atom is -0.496 e. The second kappa shape index (κ2) is 6.31. The standard InChI is InChI=1S/C17H18O4/c1-11-10-12(8-9-13(11)19-2)17(18)16-14(20-3)6-5-7-15(16)21-4/h5-10H,1-4H3. The van der Waals surface area contributed by atoms with Gasteiger partial charge in [-0.05, 0) is 42.8 Å². The third kappa shape index (κ3) is 2.84. The molecule has 0 aliphatic carbocycles. The van der Waals surface area contributed by atoms with Gasteiger partial charge in [0, 0.05) is 5.56 Å². The monoisotopic (exact) mass is 286 g/mol. The van der Waals surface area contributed by atoms with Crippen LogP contribution in [0.5, 0.6) is 17.2 Å². The van der Waals surface area contributed by atoms with Gasteiger partial charge in [0.15, 0.2) is 0 Å². The summed E-state index contributed by atoms with van der Waals surface area (Å²) in [5.41, 5.74) is 1.89. The van der Waals surface area contributed by atoms with E-state index < -0.39 is 0 Å². The van der Waals surface area contributed by atoms with E-state index in [-0.39, 0.29) is 5.78 Å². The molecule has 0 heterocycles. The number of ketones is 1. The third-order valence-electron chi connectivity index (χ3n) is 3.31. The van der Waals surface area contributed by atoms with Crippen LogP contribution in [0, 0.1) is 6.92 Å². The Balaban J connectivity index is 2.52. The van der Waals surface area contributed by atoms with Gasteiger partial charge in [-0.3, -0.25) is 4.79 Å². The number of ether oxygens (including phenoxy) is 3. The molecule has 0 amide bonds. The van der Waals surface area contributed by atoms with Crippen LogP contribution in [-0.2, 0) is 0 Å². The molecular weight excluding hydrogens is 268 g/mol. The van der Waals surface area contributed by atoms with Crippen molar-refractivity contribution in [3.05, 3.63) is 53.1 Å². The predicted molar refractivity (Wildman–Crippen MR) is 80.7 cm³/mol. The summed E-state index contributed by atoms with van der Waals surface area (Å²) in [6.45, 7) is 1.90. The molecule has 0 saturated carbocycles. The third-order valence-corrected chi connectivity index (χ3v) is 3.31. The fraction of sp³-hybridized carbons (Fsp3) is 0.235. The van der Waals surface area contributed by atoms with Crippen LogP contribution in [0.4, 0.5) is 0 Å². The van der Waals surface area contributed by atoms with Gasteiger partial charge in [0.2, 0.25) is 5.78 Å². The van der Waals surface area contributed by atoms with Gasteiger partial charge >= 0.3 is 0 Å². The van der Waals surface area contributed by atoms with E-state index in [0.717, 1.165) is 11.3 Å². The van der Waals surface area contributed by atoms with Crippen molar-refractivity contribution in [3.8, 4) is 17.2 Å². The van der Waals surface area contributed by atoms with Crippen molar-refractivity contribution >= 4 is 5.78 Å². The number of hydrogen-bond donors (Lipinski definition) is 0. The van der Waals surface area contributed by atoms with E-state index in [4.69, 9.17) is 14.2 Å². The van der Waals surface area contributed by atoms with Crippen molar-refractivity contribution in [2.45, 2.75) is 6.92 Å². The van der Waals surface area contributed by atoms with Crippen LogP contribution in [0.2, 0.25) is 0 Å². The zero-order chi connectivity index (χ0) is 15.4. The lowest BCUT2D eigenvalue weighted by atomic mass is 9.99. The summed E-state index contributed by atoms with van der Waals surface area (Å²) in [5, 5.41) is 0. The van der Waals surface area contributed by atoms with Crippen molar-refractivity contribution < 1.29 is 19.0 Å². The molecule has 0 unspecified atom stereocenters. The van der Waals surface area contributed by atoms with E-state index >= 15 is 0 Å². The van der Waals surface area contributed by atoms with Crippen molar-refractivity contribution in [2.75, 3.05) is 21.3 Å². The number of benzene rings is 2. The molecule has 0 spiro atoms. The maximum Gasteiger partial charge on any atom is 0.200 e. The smallest absolute Gasteiger partial charge is 0.200 e. The van der Waals surface area contributed by atoms with Gasteiger partial charge in [-0.15, -0.1) is 0 Å². The van der Waals surface area contributed by atoms with Crippen molar-refractivity contribution in [3.63, 3.8) is 0 Å². The Kier molecular flexibility index (Phi) is 4.48. The first-order valence-electron chi connectivity index (χ1n) is 6.52. The molecule has 110 valence electrons. The topological polar surface area (TPSA) is 44.8 Å². The maximum absolute atomic E-state index is 12.8. The fourth-order valence-corrected chi connectivity index (χ4v) is 2.24. The van der Waals surface area contributed by atoms with Gasteiger partial charge in [-0.2, -0.15) is 0 Å². The molecule has 0 radical (unpaired) electrons. The van der Waals surface area contributed by atoms with E-state index in [9.17, 15) is 4.79 Å². The first kappa shape index (κ1) is 14.9. The van der Waals surface area contributed by atoms with Gasteiger partial charge in [-0.25, -0.2) is 0 Å². The summed E-state index contributed by atoms with van der Waals surface area (Å²) in [5.74, 6) is 1.59. The lowest BCUT2D eigenvalue weighted by Gasteiger charge is -2.13. The Bertz CT molecular complexity index is 640. The molecule has 0 atom stereocenters. The van der Waals surface area contributed by atoms with Crippen LogP contribution < -0.4 is 14.2 Å². The van der Waals surface area contributed by atoms with E-state index in [1.54, 1.807) is 43.5 Å². The molecule has 4 heteroatoms. The molecule has 0 aromatic heterocycles. The highest BCUT2D eigenvalue weighted by atomic mass is 16.5. The highest BCUT2D eigenvalue weighted by Gasteiger charge is 2.20. The van der Waals surface area contributed by atoms with E-state index in [2.05, 4.69) is 0 Å². The maximum atomic E-state index is 12.8. The molecule has 2 aromatic rings. The normalized spacial score (nSPS) is 10.1. The average Bonchev–Trinajstić information content (AvgIpc) is 2.53. The van der Waals surface area contributed by atoms with E-state index in [1.165, 1.54) is 14.2 Å². The first-order valence-corrected chi connectivity index (χ1v) is 6.52. The molecule has 0 aliphatic rings. The summed E-state index contributed by atoms with van der Waals surface area (Å²) in [6.07, 6.45) is 0. The van der Waals surface area contributed by atoms with Gasteiger partial charge < -0.3 is 14.2 Å². The number of carbonyl (C=O) groups is 1. The molecule has 0 bridgehead atoms. The largest absolute Gasteiger partial charge is 0.496 e. The SMILES string of the molecule is COc1ccc(C(=O)c2c(OC)cccc2OC)cc1C. The van der Waals surface area contributed by atoms with Crippen LogP contribution in [0.1, 0.15) is 21.5 Å². The number of methoxy groups -OCH3 is 3. The minimum atomic E-state index is -0.143. The van der Waals surface area contributed by atoms with Gasteiger partial charge in [0.05, 0.1) is 21.3 Å². The highest BCUT2D eigenvalue weighted by Crippen LogP contribution is 2.31. The minimum absolute atomic E-state index is 0.143. The van der Waals surface area contributed by atoms with E-state index in [0.29, 0.717) is 22.6 Å². The van der Waals surface area contributed by atoms with Gasteiger partial charge in [-0.1, -0.05) is 6.07 Å². The molecule has 0 N–H and O–H groups in total. The van der Waals surface area contributed by atoms with Gasteiger partial charge in [0.25, 0.3) is 0 Å². The Morgan fingerprint density at radius 2 is 1.43 bits per heavy atom. The highest BCUT2D eigenvalue weighted by molar-refractivity contribution is 6.12. The second-order valence-electron chi connectivity index (χ2n) is 4.55. The zero-order valence-electron chi connectivity index (χ0n) is 12.6. The van der Waals surface area contributed by atoms with Crippen LogP contribution in [0.25, 0.3) is 0 Å². The quantitative estimate of drug-likeness (QED) is 0.791. The summed E-state index contributed by atoms with van der Waals surface area (Å²) in [4.78, 5) is 12.8. The Labute approximate surface area is 124 Å². The first-order chi connectivity index (χ1) is 10.1. The molecule has 0 aliphatic heterocycles. The van der Waals surface area contributed by atoms with Crippen LogP contribution in [0.15, 0.2) is 36.4 Å². The molecular formula is C17H18O4. The van der Waals surface area contributed by atoms with E-state index in [1.807, 2.05) is 6.92 Å². The van der Waals surface area contributed by atoms with Crippen molar-refractivity contribution in [1.82, 2.24) is 0 Å². The number of carbonyl (C=O) groups excluding carboxylic acids is 1. The molecule has 0 fully saturated rings. The Morgan fingerprint density at radius 1 is 0.857 bits per heavy atom.